The van der Waals surface area contributed by atoms with Crippen molar-refractivity contribution >= 4 is 5.91 Å². The van der Waals surface area contributed by atoms with Crippen molar-refractivity contribution in [2.45, 2.75) is 18.6 Å². The molecule has 0 spiro atoms. The molecule has 5 heteroatoms. The van der Waals surface area contributed by atoms with E-state index in [1.807, 2.05) is 12.1 Å². The van der Waals surface area contributed by atoms with Gasteiger partial charge in [-0.15, -0.1) is 0 Å². The predicted molar refractivity (Wildman–Crippen MR) is 63.4 cm³/mol. The second-order valence-electron chi connectivity index (χ2n) is 4.34. The number of nitrogens with zero attached hydrogens (tertiary/aromatic N) is 2. The third kappa shape index (κ3) is 2.81. The first-order chi connectivity index (χ1) is 8.18. The Bertz CT molecular complexity index is 383. The van der Waals surface area contributed by atoms with E-state index in [2.05, 4.69) is 10.3 Å². The summed E-state index contributed by atoms with van der Waals surface area (Å²) in [6, 6.07) is 3.57. The van der Waals surface area contributed by atoms with Crippen molar-refractivity contribution in [3.8, 4) is 0 Å². The summed E-state index contributed by atoms with van der Waals surface area (Å²) >= 11 is 0. The summed E-state index contributed by atoms with van der Waals surface area (Å²) in [4.78, 5) is 17.6. The molecule has 92 valence electrons. The fourth-order valence-corrected chi connectivity index (χ4v) is 2.03. The van der Waals surface area contributed by atoms with E-state index in [1.54, 1.807) is 24.3 Å². The standard InChI is InChI=1S/C12H17N3O2/c1-15(10-7-14-8-11(10)16)12(17)5-9-3-2-4-13-6-9/h2-4,6,10-11,14,16H,5,7-8H2,1H3/t10-,11-/m0/s1. The Morgan fingerprint density at radius 1 is 1.65 bits per heavy atom. The minimum Gasteiger partial charge on any atom is -0.390 e. The molecule has 0 aromatic carbocycles. The monoisotopic (exact) mass is 235 g/mol. The summed E-state index contributed by atoms with van der Waals surface area (Å²) in [7, 11) is 1.74. The van der Waals surface area contributed by atoms with Gasteiger partial charge in [0.05, 0.1) is 18.6 Å². The van der Waals surface area contributed by atoms with Crippen molar-refractivity contribution in [2.75, 3.05) is 20.1 Å². The molecule has 1 aromatic heterocycles. The van der Waals surface area contributed by atoms with Crippen molar-refractivity contribution < 1.29 is 9.90 Å². The fraction of sp³-hybridized carbons (Fsp3) is 0.500. The number of rotatable bonds is 3. The molecule has 0 bridgehead atoms. The Kier molecular flexibility index (Phi) is 3.71. The highest BCUT2D eigenvalue weighted by molar-refractivity contribution is 5.78. The molecule has 1 aromatic rings. The van der Waals surface area contributed by atoms with E-state index in [-0.39, 0.29) is 11.9 Å². The van der Waals surface area contributed by atoms with Crippen molar-refractivity contribution in [1.82, 2.24) is 15.2 Å². The number of nitrogens with one attached hydrogen (secondary N) is 1. The number of hydrogen-bond acceptors (Lipinski definition) is 4. The number of likely N-dealkylation sites (N-methyl/N-ethyl adjacent to an activating group) is 1. The van der Waals surface area contributed by atoms with Gasteiger partial charge in [-0.3, -0.25) is 9.78 Å². The van der Waals surface area contributed by atoms with E-state index in [4.69, 9.17) is 0 Å². The van der Waals surface area contributed by atoms with Gasteiger partial charge in [0.15, 0.2) is 0 Å². The molecule has 1 saturated heterocycles. The van der Waals surface area contributed by atoms with Gasteiger partial charge in [-0.1, -0.05) is 6.07 Å². The van der Waals surface area contributed by atoms with Gasteiger partial charge in [-0.25, -0.2) is 0 Å². The number of amides is 1. The topological polar surface area (TPSA) is 65.5 Å². The Hall–Kier alpha value is -1.46. The highest BCUT2D eigenvalue weighted by Gasteiger charge is 2.30. The number of aromatic nitrogens is 1. The minimum atomic E-state index is -0.474. The molecule has 1 aliphatic rings. The average Bonchev–Trinajstić information content (AvgIpc) is 2.76. The Morgan fingerprint density at radius 3 is 3.06 bits per heavy atom. The third-order valence-electron chi connectivity index (χ3n) is 3.12. The number of carbonyl (C=O) groups excluding carboxylic acids is 1. The lowest BCUT2D eigenvalue weighted by atomic mass is 10.1. The van der Waals surface area contributed by atoms with Crippen LogP contribution in [-0.2, 0) is 11.2 Å². The van der Waals surface area contributed by atoms with Crippen LogP contribution in [0, 0.1) is 0 Å². The maximum Gasteiger partial charge on any atom is 0.227 e. The van der Waals surface area contributed by atoms with Gasteiger partial charge < -0.3 is 15.3 Å². The first-order valence-electron chi connectivity index (χ1n) is 5.72. The SMILES string of the molecule is CN(C(=O)Cc1cccnc1)[C@H]1CNC[C@@H]1O. The third-order valence-corrected chi connectivity index (χ3v) is 3.12. The smallest absolute Gasteiger partial charge is 0.227 e. The van der Waals surface area contributed by atoms with Crippen LogP contribution in [0.25, 0.3) is 0 Å². The number of pyridine rings is 1. The maximum absolute atomic E-state index is 12.0. The van der Waals surface area contributed by atoms with E-state index < -0.39 is 6.10 Å². The quantitative estimate of drug-likeness (QED) is 0.735. The molecule has 1 amide bonds. The Labute approximate surface area is 100 Å². The van der Waals surface area contributed by atoms with Gasteiger partial charge in [0.25, 0.3) is 0 Å². The van der Waals surface area contributed by atoms with Crippen LogP contribution >= 0.6 is 0 Å². The zero-order valence-electron chi connectivity index (χ0n) is 9.84. The molecule has 17 heavy (non-hydrogen) atoms. The zero-order valence-corrected chi connectivity index (χ0v) is 9.84. The zero-order chi connectivity index (χ0) is 12.3. The van der Waals surface area contributed by atoms with Crippen LogP contribution in [0.3, 0.4) is 0 Å². The summed E-state index contributed by atoms with van der Waals surface area (Å²) in [5, 5.41) is 12.8. The van der Waals surface area contributed by atoms with Crippen LogP contribution < -0.4 is 5.32 Å². The van der Waals surface area contributed by atoms with Crippen LogP contribution in [0.1, 0.15) is 5.56 Å². The molecule has 0 saturated carbocycles. The molecule has 1 fully saturated rings. The molecule has 0 radical (unpaired) electrons. The summed E-state index contributed by atoms with van der Waals surface area (Å²) in [6.07, 6.45) is 3.23. The van der Waals surface area contributed by atoms with Gasteiger partial charge in [0, 0.05) is 32.5 Å². The predicted octanol–water partition coefficient (Wildman–Crippen LogP) is -0.585. The highest BCUT2D eigenvalue weighted by Crippen LogP contribution is 2.09. The molecule has 1 aliphatic heterocycles. The highest BCUT2D eigenvalue weighted by atomic mass is 16.3. The van der Waals surface area contributed by atoms with E-state index in [0.29, 0.717) is 19.5 Å². The number of aliphatic hydroxyl groups excluding tert-OH is 1. The van der Waals surface area contributed by atoms with Gasteiger partial charge >= 0.3 is 0 Å². The van der Waals surface area contributed by atoms with Crippen LogP contribution in [0.15, 0.2) is 24.5 Å². The van der Waals surface area contributed by atoms with Crippen molar-refractivity contribution in [3.05, 3.63) is 30.1 Å². The minimum absolute atomic E-state index is 0.00532. The summed E-state index contributed by atoms with van der Waals surface area (Å²) in [6.45, 7) is 1.20. The van der Waals surface area contributed by atoms with E-state index in [0.717, 1.165) is 5.56 Å². The molecular weight excluding hydrogens is 218 g/mol. The second kappa shape index (κ2) is 5.25. The largest absolute Gasteiger partial charge is 0.390 e. The van der Waals surface area contributed by atoms with Crippen LogP contribution in [0.5, 0.6) is 0 Å². The van der Waals surface area contributed by atoms with Crippen LogP contribution in [0.4, 0.5) is 0 Å². The van der Waals surface area contributed by atoms with Crippen molar-refractivity contribution in [3.63, 3.8) is 0 Å². The first-order valence-corrected chi connectivity index (χ1v) is 5.72. The first kappa shape index (κ1) is 12.0. The van der Waals surface area contributed by atoms with E-state index in [9.17, 15) is 9.90 Å². The number of aliphatic hydroxyl groups is 1. The van der Waals surface area contributed by atoms with Gasteiger partial charge in [0.1, 0.15) is 0 Å². The molecule has 2 atom stereocenters. The fourth-order valence-electron chi connectivity index (χ4n) is 2.03. The van der Waals surface area contributed by atoms with Gasteiger partial charge in [-0.05, 0) is 11.6 Å². The molecule has 2 N–H and O–H groups in total. The van der Waals surface area contributed by atoms with Gasteiger partial charge in [0.2, 0.25) is 5.91 Å². The summed E-state index contributed by atoms with van der Waals surface area (Å²) < 4.78 is 0. The molecule has 5 nitrogen and oxygen atoms in total. The van der Waals surface area contributed by atoms with E-state index >= 15 is 0 Å². The van der Waals surface area contributed by atoms with Gasteiger partial charge in [-0.2, -0.15) is 0 Å². The normalized spacial score (nSPS) is 23.6. The number of β-amino-alcohol motifs (C(OH)–C–C–N with tert-alkyl or cyclic N) is 1. The summed E-state index contributed by atoms with van der Waals surface area (Å²) in [5.41, 5.74) is 0.893. The average molecular weight is 235 g/mol. The lowest BCUT2D eigenvalue weighted by Crippen LogP contribution is -2.44. The second-order valence-corrected chi connectivity index (χ2v) is 4.34. The molecule has 2 heterocycles. The number of hydrogen-bond donors (Lipinski definition) is 2. The van der Waals surface area contributed by atoms with Crippen LogP contribution in [0.2, 0.25) is 0 Å². The van der Waals surface area contributed by atoms with Crippen molar-refractivity contribution in [1.29, 1.82) is 0 Å². The van der Waals surface area contributed by atoms with Crippen molar-refractivity contribution in [2.24, 2.45) is 0 Å². The number of carbonyl (C=O) groups is 1. The molecule has 0 aliphatic carbocycles. The lowest BCUT2D eigenvalue weighted by Gasteiger charge is -2.26. The molecule has 2 rings (SSSR count). The lowest BCUT2D eigenvalue weighted by molar-refractivity contribution is -0.132. The Balaban J connectivity index is 1.96. The summed E-state index contributed by atoms with van der Waals surface area (Å²) in [5.74, 6) is 0.00532. The Morgan fingerprint density at radius 2 is 2.47 bits per heavy atom. The maximum atomic E-state index is 12.0. The van der Waals surface area contributed by atoms with Crippen LogP contribution in [-0.4, -0.2) is 53.2 Å². The van der Waals surface area contributed by atoms with E-state index in [1.165, 1.54) is 0 Å². The molecule has 0 unspecified atom stereocenters. The molecular formula is C12H17N3O2.